The van der Waals surface area contributed by atoms with Crippen molar-refractivity contribution in [1.82, 2.24) is 19.5 Å². The van der Waals surface area contributed by atoms with Crippen LogP contribution in [-0.2, 0) is 6.54 Å². The average Bonchev–Trinajstić information content (AvgIpc) is 3.22. The molecule has 8 heteroatoms. The Kier molecular flexibility index (Phi) is 5.77. The first-order valence-electron chi connectivity index (χ1n) is 10.2. The van der Waals surface area contributed by atoms with Crippen LogP contribution in [0.4, 0.5) is 4.39 Å². The van der Waals surface area contributed by atoms with E-state index in [0.717, 1.165) is 28.5 Å². The minimum absolute atomic E-state index is 0.0717. The summed E-state index contributed by atoms with van der Waals surface area (Å²) >= 11 is 0. The fourth-order valence-electron chi connectivity index (χ4n) is 3.55. The SMILES string of the molecule is COc1ccc(C(=O)NCCn2ccn3nc(-c4cc(C)ccc4C)cc3c2=O)cc1F. The van der Waals surface area contributed by atoms with Crippen LogP contribution in [0, 0.1) is 19.7 Å². The van der Waals surface area contributed by atoms with Crippen LogP contribution in [0.2, 0.25) is 0 Å². The Morgan fingerprint density at radius 1 is 1.12 bits per heavy atom. The molecule has 0 radical (unpaired) electrons. The van der Waals surface area contributed by atoms with Crippen molar-refractivity contribution in [1.29, 1.82) is 0 Å². The maximum absolute atomic E-state index is 13.8. The van der Waals surface area contributed by atoms with E-state index in [1.807, 2.05) is 32.0 Å². The van der Waals surface area contributed by atoms with Crippen molar-refractivity contribution in [2.24, 2.45) is 0 Å². The summed E-state index contributed by atoms with van der Waals surface area (Å²) in [6.45, 7) is 4.50. The van der Waals surface area contributed by atoms with E-state index in [2.05, 4.69) is 10.4 Å². The molecule has 0 saturated carbocycles. The molecule has 0 aliphatic rings. The number of amides is 1. The first-order chi connectivity index (χ1) is 15.4. The lowest BCUT2D eigenvalue weighted by molar-refractivity contribution is 0.0951. The predicted octanol–water partition coefficient (Wildman–Crippen LogP) is 3.36. The molecule has 2 heterocycles. The number of benzene rings is 2. The number of nitrogens with one attached hydrogen (secondary N) is 1. The number of rotatable bonds is 6. The second kappa shape index (κ2) is 8.66. The lowest BCUT2D eigenvalue weighted by Gasteiger charge is -2.09. The summed E-state index contributed by atoms with van der Waals surface area (Å²) < 4.78 is 21.7. The van der Waals surface area contributed by atoms with E-state index < -0.39 is 11.7 Å². The van der Waals surface area contributed by atoms with E-state index in [1.54, 1.807) is 23.0 Å². The molecule has 1 N–H and O–H groups in total. The molecule has 0 unspecified atom stereocenters. The summed E-state index contributed by atoms with van der Waals surface area (Å²) in [7, 11) is 1.36. The van der Waals surface area contributed by atoms with E-state index in [9.17, 15) is 14.0 Å². The van der Waals surface area contributed by atoms with Gasteiger partial charge in [0.2, 0.25) is 0 Å². The van der Waals surface area contributed by atoms with Gasteiger partial charge in [0.25, 0.3) is 11.5 Å². The third kappa shape index (κ3) is 4.12. The highest BCUT2D eigenvalue weighted by Crippen LogP contribution is 2.23. The molecule has 164 valence electrons. The van der Waals surface area contributed by atoms with Gasteiger partial charge in [0, 0.05) is 36.6 Å². The lowest BCUT2D eigenvalue weighted by atomic mass is 10.0. The standard InChI is InChI=1S/C24H23FN4O3/c1-15-4-5-16(2)18(12-15)20-14-21-24(31)28(10-11-29(21)27-20)9-8-26-23(30)17-6-7-22(32-3)19(25)13-17/h4-7,10-14H,8-9H2,1-3H3,(H,26,30). The Labute approximate surface area is 184 Å². The van der Waals surface area contributed by atoms with Gasteiger partial charge in [-0.2, -0.15) is 5.10 Å². The molecule has 2 aromatic heterocycles. The molecule has 0 aliphatic carbocycles. The molecular weight excluding hydrogens is 411 g/mol. The zero-order chi connectivity index (χ0) is 22.8. The lowest BCUT2D eigenvalue weighted by Crippen LogP contribution is -2.31. The number of methoxy groups -OCH3 is 1. The summed E-state index contributed by atoms with van der Waals surface area (Å²) in [5.41, 5.74) is 4.34. The first-order valence-corrected chi connectivity index (χ1v) is 10.2. The van der Waals surface area contributed by atoms with Gasteiger partial charge in [0.1, 0.15) is 5.52 Å². The Hall–Kier alpha value is -3.94. The van der Waals surface area contributed by atoms with Crippen LogP contribution >= 0.6 is 0 Å². The van der Waals surface area contributed by atoms with Crippen molar-refractivity contribution >= 4 is 11.4 Å². The van der Waals surface area contributed by atoms with Gasteiger partial charge < -0.3 is 14.6 Å². The number of hydrogen-bond acceptors (Lipinski definition) is 4. The van der Waals surface area contributed by atoms with Gasteiger partial charge in [-0.25, -0.2) is 8.91 Å². The van der Waals surface area contributed by atoms with Gasteiger partial charge in [-0.1, -0.05) is 17.7 Å². The second-order valence-electron chi connectivity index (χ2n) is 7.58. The number of halogens is 1. The van der Waals surface area contributed by atoms with Crippen molar-refractivity contribution in [3.63, 3.8) is 0 Å². The number of fused-ring (bicyclic) bond motifs is 1. The number of carbonyl (C=O) groups is 1. The maximum Gasteiger partial charge on any atom is 0.276 e. The molecule has 0 atom stereocenters. The Morgan fingerprint density at radius 3 is 2.69 bits per heavy atom. The monoisotopic (exact) mass is 434 g/mol. The Bertz CT molecular complexity index is 1370. The highest BCUT2D eigenvalue weighted by molar-refractivity contribution is 5.94. The summed E-state index contributed by atoms with van der Waals surface area (Å²) in [5.74, 6) is -0.966. The van der Waals surface area contributed by atoms with Crippen LogP contribution in [0.15, 0.2) is 59.7 Å². The number of carbonyl (C=O) groups excluding carboxylic acids is 1. The minimum atomic E-state index is -0.609. The van der Waals surface area contributed by atoms with Crippen LogP contribution in [0.1, 0.15) is 21.5 Å². The van der Waals surface area contributed by atoms with Crippen molar-refractivity contribution in [2.75, 3.05) is 13.7 Å². The maximum atomic E-state index is 13.8. The van der Waals surface area contributed by atoms with Crippen LogP contribution in [0.5, 0.6) is 5.75 Å². The largest absolute Gasteiger partial charge is 0.494 e. The smallest absolute Gasteiger partial charge is 0.276 e. The first kappa shape index (κ1) is 21.3. The summed E-state index contributed by atoms with van der Waals surface area (Å²) in [4.78, 5) is 25.2. The van der Waals surface area contributed by atoms with Gasteiger partial charge >= 0.3 is 0 Å². The molecule has 7 nitrogen and oxygen atoms in total. The molecular formula is C24H23FN4O3. The summed E-state index contributed by atoms with van der Waals surface area (Å²) in [5, 5.41) is 7.25. The van der Waals surface area contributed by atoms with E-state index in [4.69, 9.17) is 4.74 Å². The number of hydrogen-bond donors (Lipinski definition) is 1. The fourth-order valence-corrected chi connectivity index (χ4v) is 3.55. The topological polar surface area (TPSA) is 77.6 Å². The molecule has 0 bridgehead atoms. The third-order valence-electron chi connectivity index (χ3n) is 5.32. The van der Waals surface area contributed by atoms with Crippen molar-refractivity contribution < 1.29 is 13.9 Å². The van der Waals surface area contributed by atoms with Crippen LogP contribution in [0.3, 0.4) is 0 Å². The molecule has 4 rings (SSSR count). The van der Waals surface area contributed by atoms with Crippen molar-refractivity contribution in [2.45, 2.75) is 20.4 Å². The number of aryl methyl sites for hydroxylation is 2. The van der Waals surface area contributed by atoms with Crippen LogP contribution in [-0.4, -0.2) is 33.7 Å². The average molecular weight is 434 g/mol. The van der Waals surface area contributed by atoms with Gasteiger partial charge in [-0.15, -0.1) is 0 Å². The van der Waals surface area contributed by atoms with Crippen molar-refractivity contribution in [3.05, 3.63) is 87.7 Å². The molecule has 1 amide bonds. The molecule has 0 spiro atoms. The predicted molar refractivity (Wildman–Crippen MR) is 120 cm³/mol. The van der Waals surface area contributed by atoms with E-state index >= 15 is 0 Å². The van der Waals surface area contributed by atoms with Gasteiger partial charge in [0.05, 0.1) is 12.8 Å². The molecule has 2 aromatic carbocycles. The van der Waals surface area contributed by atoms with Gasteiger partial charge in [-0.3, -0.25) is 9.59 Å². The Morgan fingerprint density at radius 2 is 1.94 bits per heavy atom. The van der Waals surface area contributed by atoms with Crippen LogP contribution in [0.25, 0.3) is 16.8 Å². The van der Waals surface area contributed by atoms with E-state index in [-0.39, 0.29) is 30.0 Å². The zero-order valence-electron chi connectivity index (χ0n) is 18.1. The molecule has 32 heavy (non-hydrogen) atoms. The van der Waals surface area contributed by atoms with E-state index in [0.29, 0.717) is 5.52 Å². The summed E-state index contributed by atoms with van der Waals surface area (Å²) in [6, 6.07) is 11.9. The van der Waals surface area contributed by atoms with Gasteiger partial charge in [-0.05, 0) is 49.7 Å². The number of nitrogens with zero attached hydrogens (tertiary/aromatic N) is 3. The fraction of sp³-hybridized carbons (Fsp3) is 0.208. The van der Waals surface area contributed by atoms with Gasteiger partial charge in [0.15, 0.2) is 11.6 Å². The second-order valence-corrected chi connectivity index (χ2v) is 7.58. The van der Waals surface area contributed by atoms with Crippen LogP contribution < -0.4 is 15.6 Å². The normalized spacial score (nSPS) is 11.0. The molecule has 0 fully saturated rings. The molecule has 0 aliphatic heterocycles. The quantitative estimate of drug-likeness (QED) is 0.505. The zero-order valence-corrected chi connectivity index (χ0v) is 18.1. The third-order valence-corrected chi connectivity index (χ3v) is 5.32. The number of ether oxygens (including phenoxy) is 1. The highest BCUT2D eigenvalue weighted by atomic mass is 19.1. The van der Waals surface area contributed by atoms with Crippen molar-refractivity contribution in [3.8, 4) is 17.0 Å². The summed E-state index contributed by atoms with van der Waals surface area (Å²) in [6.07, 6.45) is 3.35. The van der Waals surface area contributed by atoms with E-state index in [1.165, 1.54) is 23.8 Å². The molecule has 4 aromatic rings. The number of aromatic nitrogens is 3. The molecule has 0 saturated heterocycles. The minimum Gasteiger partial charge on any atom is -0.494 e. The Balaban J connectivity index is 1.50. The highest BCUT2D eigenvalue weighted by Gasteiger charge is 2.12.